The molecule has 1 saturated heterocycles. The Bertz CT molecular complexity index is 494. The molecule has 2 heteroatoms. The molecule has 3 rings (SSSR count). The third-order valence-electron chi connectivity index (χ3n) is 6.85. The minimum absolute atomic E-state index is 0.0311. The second-order valence-electron chi connectivity index (χ2n) is 8.57. The maximum atomic E-state index is 10.8. The lowest BCUT2D eigenvalue weighted by molar-refractivity contribution is 0.0227. The van der Waals surface area contributed by atoms with Gasteiger partial charge in [-0.3, -0.25) is 0 Å². The summed E-state index contributed by atoms with van der Waals surface area (Å²) in [5.41, 5.74) is 2.74. The van der Waals surface area contributed by atoms with E-state index >= 15 is 0 Å². The maximum Gasteiger partial charge on any atom is 0.0923 e. The fraction of sp³-hybridized carbons (Fsp3) is 0.800. The molecule has 6 atom stereocenters. The molecule has 0 amide bonds. The SMILES string of the molecule is C=C(C)[C@H]1C[C@@H](O)[C@@]2(C)C[C@H]3O[C@]3(C)CC/C=C(\C)CC[C@H]12. The second kappa shape index (κ2) is 5.49. The van der Waals surface area contributed by atoms with Crippen molar-refractivity contribution in [3.63, 3.8) is 0 Å². The number of aliphatic hydroxyl groups excluding tert-OH is 1. The zero-order valence-corrected chi connectivity index (χ0v) is 14.7. The van der Waals surface area contributed by atoms with E-state index in [0.29, 0.717) is 17.9 Å². The monoisotopic (exact) mass is 304 g/mol. The first-order chi connectivity index (χ1) is 10.3. The van der Waals surface area contributed by atoms with E-state index in [1.54, 1.807) is 0 Å². The molecule has 1 N–H and O–H groups in total. The average Bonchev–Trinajstić information content (AvgIpc) is 2.97. The number of allylic oxidation sites excluding steroid dienone is 3. The molecule has 0 spiro atoms. The van der Waals surface area contributed by atoms with E-state index in [1.807, 2.05) is 0 Å². The summed E-state index contributed by atoms with van der Waals surface area (Å²) in [4.78, 5) is 0. The van der Waals surface area contributed by atoms with Gasteiger partial charge in [0.25, 0.3) is 0 Å². The van der Waals surface area contributed by atoms with Gasteiger partial charge in [-0.05, 0) is 76.5 Å². The zero-order chi connectivity index (χ0) is 16.1. The van der Waals surface area contributed by atoms with E-state index in [9.17, 15) is 5.11 Å². The fourth-order valence-electron chi connectivity index (χ4n) is 5.00. The zero-order valence-electron chi connectivity index (χ0n) is 14.7. The lowest BCUT2D eigenvalue weighted by atomic mass is 9.69. The summed E-state index contributed by atoms with van der Waals surface area (Å²) in [6.07, 6.45) is 8.91. The predicted octanol–water partition coefficient (Wildman–Crippen LogP) is 4.63. The summed E-state index contributed by atoms with van der Waals surface area (Å²) in [5, 5.41) is 10.8. The highest BCUT2D eigenvalue weighted by molar-refractivity contribution is 5.15. The summed E-state index contributed by atoms with van der Waals surface area (Å²) in [5.74, 6) is 0.980. The minimum atomic E-state index is -0.224. The topological polar surface area (TPSA) is 32.8 Å². The molecule has 1 heterocycles. The number of epoxide rings is 1. The van der Waals surface area contributed by atoms with E-state index in [2.05, 4.69) is 40.3 Å². The summed E-state index contributed by atoms with van der Waals surface area (Å²) in [6.45, 7) is 13.1. The van der Waals surface area contributed by atoms with E-state index in [4.69, 9.17) is 4.74 Å². The van der Waals surface area contributed by atoms with Crippen molar-refractivity contribution in [2.75, 3.05) is 0 Å². The van der Waals surface area contributed by atoms with Gasteiger partial charge in [-0.1, -0.05) is 30.7 Å². The van der Waals surface area contributed by atoms with Crippen LogP contribution in [0.3, 0.4) is 0 Å². The van der Waals surface area contributed by atoms with Gasteiger partial charge in [0, 0.05) is 0 Å². The quantitative estimate of drug-likeness (QED) is 0.566. The van der Waals surface area contributed by atoms with Crippen molar-refractivity contribution in [2.45, 2.75) is 84.0 Å². The first kappa shape index (κ1) is 16.3. The molecule has 0 radical (unpaired) electrons. The lowest BCUT2D eigenvalue weighted by Gasteiger charge is -2.36. The second-order valence-corrected chi connectivity index (χ2v) is 8.57. The molecular weight excluding hydrogens is 272 g/mol. The Hall–Kier alpha value is -0.600. The van der Waals surface area contributed by atoms with E-state index < -0.39 is 0 Å². The molecule has 2 aliphatic carbocycles. The van der Waals surface area contributed by atoms with Crippen molar-refractivity contribution in [3.8, 4) is 0 Å². The van der Waals surface area contributed by atoms with Gasteiger partial charge < -0.3 is 9.84 Å². The normalized spacial score (nSPS) is 51.0. The summed E-state index contributed by atoms with van der Waals surface area (Å²) >= 11 is 0. The van der Waals surface area contributed by atoms with Gasteiger partial charge in [-0.2, -0.15) is 0 Å². The fourth-order valence-corrected chi connectivity index (χ4v) is 5.00. The Morgan fingerprint density at radius 1 is 1.41 bits per heavy atom. The van der Waals surface area contributed by atoms with Crippen LogP contribution in [0, 0.1) is 17.3 Å². The van der Waals surface area contributed by atoms with E-state index in [-0.39, 0.29) is 17.1 Å². The number of hydrogen-bond donors (Lipinski definition) is 1. The van der Waals surface area contributed by atoms with Gasteiger partial charge in [0.1, 0.15) is 0 Å². The number of rotatable bonds is 1. The van der Waals surface area contributed by atoms with E-state index in [0.717, 1.165) is 38.5 Å². The Balaban J connectivity index is 1.90. The average molecular weight is 304 g/mol. The van der Waals surface area contributed by atoms with Gasteiger partial charge in [-0.25, -0.2) is 0 Å². The van der Waals surface area contributed by atoms with Crippen LogP contribution in [0.15, 0.2) is 23.8 Å². The summed E-state index contributed by atoms with van der Waals surface area (Å²) in [6, 6.07) is 0. The van der Waals surface area contributed by atoms with Crippen molar-refractivity contribution in [2.24, 2.45) is 17.3 Å². The smallest absolute Gasteiger partial charge is 0.0923 e. The highest BCUT2D eigenvalue weighted by Gasteiger charge is 2.59. The summed E-state index contributed by atoms with van der Waals surface area (Å²) in [7, 11) is 0. The van der Waals surface area contributed by atoms with E-state index in [1.165, 1.54) is 11.1 Å². The Kier molecular flexibility index (Phi) is 4.06. The van der Waals surface area contributed by atoms with Crippen LogP contribution in [0.2, 0.25) is 0 Å². The molecule has 1 aliphatic heterocycles. The molecule has 0 bridgehead atoms. The highest BCUT2D eigenvalue weighted by Crippen LogP contribution is 2.58. The van der Waals surface area contributed by atoms with Gasteiger partial charge in [0.15, 0.2) is 0 Å². The van der Waals surface area contributed by atoms with Gasteiger partial charge in [0.2, 0.25) is 0 Å². The van der Waals surface area contributed by atoms with Gasteiger partial charge in [0.05, 0.1) is 17.8 Å². The third kappa shape index (κ3) is 2.69. The first-order valence-electron chi connectivity index (χ1n) is 8.93. The van der Waals surface area contributed by atoms with Gasteiger partial charge in [-0.15, -0.1) is 0 Å². The minimum Gasteiger partial charge on any atom is -0.393 e. The molecule has 0 aromatic carbocycles. The lowest BCUT2D eigenvalue weighted by Crippen LogP contribution is -2.36. The van der Waals surface area contributed by atoms with Crippen LogP contribution in [-0.4, -0.2) is 22.9 Å². The van der Waals surface area contributed by atoms with Crippen LogP contribution >= 0.6 is 0 Å². The van der Waals surface area contributed by atoms with Crippen molar-refractivity contribution in [3.05, 3.63) is 23.8 Å². The first-order valence-corrected chi connectivity index (χ1v) is 8.93. The molecule has 1 saturated carbocycles. The Labute approximate surface area is 135 Å². The highest BCUT2D eigenvalue weighted by atomic mass is 16.6. The Morgan fingerprint density at radius 2 is 2.14 bits per heavy atom. The van der Waals surface area contributed by atoms with Crippen molar-refractivity contribution >= 4 is 0 Å². The van der Waals surface area contributed by atoms with Crippen molar-refractivity contribution in [1.82, 2.24) is 0 Å². The van der Waals surface area contributed by atoms with Gasteiger partial charge >= 0.3 is 0 Å². The predicted molar refractivity (Wildman–Crippen MR) is 90.6 cm³/mol. The van der Waals surface area contributed by atoms with Crippen LogP contribution < -0.4 is 0 Å². The summed E-state index contributed by atoms with van der Waals surface area (Å²) < 4.78 is 6.07. The number of ether oxygens (including phenoxy) is 1. The maximum absolute atomic E-state index is 10.8. The number of fused-ring (bicyclic) bond motifs is 2. The van der Waals surface area contributed by atoms with Crippen LogP contribution in [0.4, 0.5) is 0 Å². The molecule has 124 valence electrons. The van der Waals surface area contributed by atoms with Crippen molar-refractivity contribution < 1.29 is 9.84 Å². The molecule has 3 aliphatic rings. The van der Waals surface area contributed by atoms with Crippen LogP contribution in [0.1, 0.15) is 66.2 Å². The Morgan fingerprint density at radius 3 is 2.82 bits per heavy atom. The molecule has 0 unspecified atom stereocenters. The standard InChI is InChI=1S/C20H32O2/c1-13(2)15-11-17(21)19(4)12-18-20(5,22-18)10-6-7-14(3)8-9-16(15)19/h7,15-18,21H,1,6,8-12H2,2-5H3/b14-7+/t15-,16-,17-,18-,19+,20-/m1/s1. The van der Waals surface area contributed by atoms with Crippen LogP contribution in [0.5, 0.6) is 0 Å². The van der Waals surface area contributed by atoms with Crippen molar-refractivity contribution in [1.29, 1.82) is 0 Å². The molecule has 2 fully saturated rings. The van der Waals surface area contributed by atoms with Crippen LogP contribution in [-0.2, 0) is 4.74 Å². The molecule has 0 aromatic rings. The molecule has 22 heavy (non-hydrogen) atoms. The molecule has 2 nitrogen and oxygen atoms in total. The molecule has 0 aromatic heterocycles. The largest absolute Gasteiger partial charge is 0.393 e. The third-order valence-corrected chi connectivity index (χ3v) is 6.85. The number of aliphatic hydroxyl groups is 1. The van der Waals surface area contributed by atoms with Crippen LogP contribution in [0.25, 0.3) is 0 Å². The molecular formula is C20H32O2. The number of hydrogen-bond acceptors (Lipinski definition) is 2.